The van der Waals surface area contributed by atoms with Crippen molar-refractivity contribution in [3.05, 3.63) is 29.3 Å². The van der Waals surface area contributed by atoms with E-state index in [4.69, 9.17) is 11.6 Å². The van der Waals surface area contributed by atoms with Crippen molar-refractivity contribution in [2.75, 3.05) is 43.8 Å². The number of thiol groups is 1. The molecule has 0 saturated carbocycles. The quantitative estimate of drug-likeness (QED) is 0.528. The third-order valence-electron chi connectivity index (χ3n) is 5.73. The number of benzene rings is 1. The summed E-state index contributed by atoms with van der Waals surface area (Å²) >= 11 is 9.98. The molecule has 1 aromatic rings. The molecule has 8 heteroatoms. The van der Waals surface area contributed by atoms with Crippen LogP contribution in [0.4, 0.5) is 5.69 Å². The number of hydrogen-bond acceptors (Lipinski definition) is 5. The van der Waals surface area contributed by atoms with Crippen LogP contribution in [-0.2, 0) is 9.59 Å². The number of carbonyl (C=O) groups excluding carboxylic acids is 2. The van der Waals surface area contributed by atoms with Gasteiger partial charge < -0.3 is 20.9 Å². The summed E-state index contributed by atoms with van der Waals surface area (Å²) in [4.78, 5) is 26.9. The van der Waals surface area contributed by atoms with Gasteiger partial charge in [-0.25, -0.2) is 0 Å². The molecule has 2 heterocycles. The zero-order chi connectivity index (χ0) is 20.0. The van der Waals surface area contributed by atoms with E-state index < -0.39 is 5.54 Å². The highest BCUT2D eigenvalue weighted by molar-refractivity contribution is 7.81. The van der Waals surface area contributed by atoms with Crippen molar-refractivity contribution in [2.24, 2.45) is 5.92 Å². The number of carbonyl (C=O) groups is 2. The predicted octanol–water partition coefficient (Wildman–Crippen LogP) is 2.16. The van der Waals surface area contributed by atoms with E-state index in [0.29, 0.717) is 17.5 Å². The summed E-state index contributed by atoms with van der Waals surface area (Å²) in [7, 11) is 0. The van der Waals surface area contributed by atoms with Crippen molar-refractivity contribution < 1.29 is 9.59 Å². The van der Waals surface area contributed by atoms with Crippen molar-refractivity contribution in [1.29, 1.82) is 0 Å². The van der Waals surface area contributed by atoms with Gasteiger partial charge in [0.05, 0.1) is 5.75 Å². The zero-order valence-electron chi connectivity index (χ0n) is 16.0. The lowest BCUT2D eigenvalue weighted by molar-refractivity contribution is -0.138. The normalized spacial score (nSPS) is 19.9. The van der Waals surface area contributed by atoms with Crippen molar-refractivity contribution in [1.82, 2.24) is 15.5 Å². The molecule has 3 N–H and O–H groups in total. The molecule has 0 spiro atoms. The Labute approximate surface area is 177 Å². The molecule has 28 heavy (non-hydrogen) atoms. The maximum Gasteiger partial charge on any atom is 0.248 e. The highest BCUT2D eigenvalue weighted by Crippen LogP contribution is 2.29. The Hall–Kier alpha value is -1.44. The first kappa shape index (κ1) is 21.3. The molecule has 2 fully saturated rings. The average Bonchev–Trinajstić information content (AvgIpc) is 2.74. The zero-order valence-corrected chi connectivity index (χ0v) is 17.7. The molecular weight excluding hydrogens is 396 g/mol. The summed E-state index contributed by atoms with van der Waals surface area (Å²) in [5.74, 6) is 0.773. The van der Waals surface area contributed by atoms with Crippen LogP contribution in [0.5, 0.6) is 0 Å². The highest BCUT2D eigenvalue weighted by Gasteiger charge is 2.42. The third-order valence-corrected chi connectivity index (χ3v) is 6.27. The van der Waals surface area contributed by atoms with E-state index in [1.165, 1.54) is 0 Å². The second-order valence-electron chi connectivity index (χ2n) is 7.66. The fourth-order valence-corrected chi connectivity index (χ4v) is 4.25. The van der Waals surface area contributed by atoms with Gasteiger partial charge in [0, 0.05) is 30.3 Å². The maximum atomic E-state index is 13.5. The lowest BCUT2D eigenvalue weighted by Gasteiger charge is -2.43. The Bertz CT molecular complexity index is 671. The standard InChI is InChI=1S/C20H29ClN4O2S/c21-16-1-3-17(4-2-16)24-20(7-9-22-10-8-20)19(27)25-11-5-15(6-12-25)13-23-18(26)14-28/h1-4,15,22,24,28H,5-14H2,(H,23,26). The predicted molar refractivity (Wildman–Crippen MR) is 116 cm³/mol. The molecule has 3 rings (SSSR count). The molecular formula is C20H29ClN4O2S. The van der Waals surface area contributed by atoms with Crippen LogP contribution in [0.1, 0.15) is 25.7 Å². The molecule has 2 amide bonds. The van der Waals surface area contributed by atoms with E-state index in [9.17, 15) is 9.59 Å². The van der Waals surface area contributed by atoms with Crippen LogP contribution in [0.3, 0.4) is 0 Å². The van der Waals surface area contributed by atoms with E-state index in [1.54, 1.807) is 0 Å². The molecule has 2 aliphatic rings. The highest BCUT2D eigenvalue weighted by atomic mass is 35.5. The summed E-state index contributed by atoms with van der Waals surface area (Å²) < 4.78 is 0. The number of amides is 2. The molecule has 0 radical (unpaired) electrons. The minimum atomic E-state index is -0.577. The maximum absolute atomic E-state index is 13.5. The summed E-state index contributed by atoms with van der Waals surface area (Å²) in [5.41, 5.74) is 0.343. The van der Waals surface area contributed by atoms with E-state index in [-0.39, 0.29) is 17.6 Å². The summed E-state index contributed by atoms with van der Waals surface area (Å²) in [6.07, 6.45) is 3.33. The van der Waals surface area contributed by atoms with Gasteiger partial charge in [-0.1, -0.05) is 11.6 Å². The van der Waals surface area contributed by atoms with Gasteiger partial charge in [0.2, 0.25) is 11.8 Å². The third kappa shape index (κ3) is 5.33. The van der Waals surface area contributed by atoms with Crippen LogP contribution in [0.2, 0.25) is 5.02 Å². The Kier molecular flexibility index (Phi) is 7.48. The lowest BCUT2D eigenvalue weighted by atomic mass is 9.85. The minimum absolute atomic E-state index is 0.0392. The molecule has 0 aliphatic carbocycles. The Morgan fingerprint density at radius 2 is 1.82 bits per heavy atom. The van der Waals surface area contributed by atoms with Crippen LogP contribution >= 0.6 is 24.2 Å². The summed E-state index contributed by atoms with van der Waals surface area (Å²) in [6.45, 7) is 3.77. The Morgan fingerprint density at radius 3 is 2.43 bits per heavy atom. The average molecular weight is 425 g/mol. The molecule has 6 nitrogen and oxygen atoms in total. The molecule has 0 unspecified atom stereocenters. The first-order chi connectivity index (χ1) is 13.5. The fourth-order valence-electron chi connectivity index (χ4n) is 4.01. The van der Waals surface area contributed by atoms with Crippen molar-refractivity contribution in [2.45, 2.75) is 31.2 Å². The molecule has 1 aromatic carbocycles. The summed E-state index contributed by atoms with van der Waals surface area (Å²) in [5, 5.41) is 10.5. The largest absolute Gasteiger partial charge is 0.371 e. The van der Waals surface area contributed by atoms with Crippen molar-refractivity contribution in [3.8, 4) is 0 Å². The van der Waals surface area contributed by atoms with E-state index in [1.807, 2.05) is 29.2 Å². The number of nitrogens with zero attached hydrogens (tertiary/aromatic N) is 1. The van der Waals surface area contributed by atoms with Gasteiger partial charge >= 0.3 is 0 Å². The molecule has 0 bridgehead atoms. The smallest absolute Gasteiger partial charge is 0.248 e. The van der Waals surface area contributed by atoms with E-state index in [0.717, 1.165) is 57.5 Å². The molecule has 2 aliphatic heterocycles. The SMILES string of the molecule is O=C(CS)NCC1CCN(C(=O)C2(Nc3ccc(Cl)cc3)CCNCC2)CC1. The van der Waals surface area contributed by atoms with Crippen molar-refractivity contribution in [3.63, 3.8) is 0 Å². The van der Waals surface area contributed by atoms with Gasteiger partial charge in [-0.05, 0) is 69.0 Å². The lowest BCUT2D eigenvalue weighted by Crippen LogP contribution is -2.60. The molecule has 2 saturated heterocycles. The number of nitrogens with one attached hydrogen (secondary N) is 3. The van der Waals surface area contributed by atoms with Gasteiger partial charge in [0.1, 0.15) is 5.54 Å². The number of hydrogen-bond donors (Lipinski definition) is 4. The Morgan fingerprint density at radius 1 is 1.18 bits per heavy atom. The number of anilines is 1. The number of halogens is 1. The van der Waals surface area contributed by atoms with Crippen molar-refractivity contribution >= 4 is 41.7 Å². The number of likely N-dealkylation sites (tertiary alicyclic amines) is 1. The number of rotatable bonds is 6. The van der Waals surface area contributed by atoms with Crippen LogP contribution in [0.25, 0.3) is 0 Å². The van der Waals surface area contributed by atoms with Gasteiger partial charge in [0.25, 0.3) is 0 Å². The second kappa shape index (κ2) is 9.85. The van der Waals surface area contributed by atoms with E-state index >= 15 is 0 Å². The van der Waals surface area contributed by atoms with Gasteiger partial charge in [-0.15, -0.1) is 0 Å². The first-order valence-electron chi connectivity index (χ1n) is 9.94. The fraction of sp³-hybridized carbons (Fsp3) is 0.600. The molecule has 154 valence electrons. The van der Waals surface area contributed by atoms with Gasteiger partial charge in [0.15, 0.2) is 0 Å². The van der Waals surface area contributed by atoms with Gasteiger partial charge in [-0.3, -0.25) is 9.59 Å². The van der Waals surface area contributed by atoms with E-state index in [2.05, 4.69) is 28.6 Å². The monoisotopic (exact) mass is 424 g/mol. The van der Waals surface area contributed by atoms with Crippen LogP contribution < -0.4 is 16.0 Å². The van der Waals surface area contributed by atoms with Crippen LogP contribution in [0, 0.1) is 5.92 Å². The molecule has 0 aromatic heterocycles. The minimum Gasteiger partial charge on any atom is -0.371 e. The molecule has 0 atom stereocenters. The first-order valence-corrected chi connectivity index (χ1v) is 10.9. The van der Waals surface area contributed by atoms with Crippen LogP contribution in [-0.4, -0.2) is 60.7 Å². The van der Waals surface area contributed by atoms with Gasteiger partial charge in [-0.2, -0.15) is 12.6 Å². The van der Waals surface area contributed by atoms with Crippen LogP contribution in [0.15, 0.2) is 24.3 Å². The number of piperidine rings is 2. The summed E-state index contributed by atoms with van der Waals surface area (Å²) in [6, 6.07) is 7.53. The Balaban J connectivity index is 1.62. The second-order valence-corrected chi connectivity index (χ2v) is 8.41. The topological polar surface area (TPSA) is 73.5 Å².